The zero-order chi connectivity index (χ0) is 13.7. The molecule has 100 valence electrons. The molecule has 0 saturated carbocycles. The molecular formula is C16H20N2O. The molecule has 0 atom stereocenters. The first-order valence-corrected chi connectivity index (χ1v) is 6.63. The van der Waals surface area contributed by atoms with Gasteiger partial charge in [-0.3, -0.25) is 4.79 Å². The predicted octanol–water partition coefficient (Wildman–Crippen LogP) is 2.45. The average molecular weight is 256 g/mol. The number of amides is 1. The molecule has 0 aliphatic carbocycles. The fraction of sp³-hybridized carbons (Fsp3) is 0.312. The number of carbonyl (C=O) groups is 1. The molecule has 2 rings (SSSR count). The minimum Gasteiger partial charge on any atom is -0.353 e. The number of hydrogen-bond acceptors (Lipinski definition) is 2. The molecule has 0 fully saturated rings. The van der Waals surface area contributed by atoms with Gasteiger partial charge in [0.25, 0.3) is 0 Å². The molecule has 0 saturated heterocycles. The Labute approximate surface area is 114 Å². The Morgan fingerprint density at radius 2 is 1.84 bits per heavy atom. The van der Waals surface area contributed by atoms with Crippen LogP contribution in [0.25, 0.3) is 10.8 Å². The Kier molecular flexibility index (Phi) is 4.53. The van der Waals surface area contributed by atoms with Crippen LogP contribution in [0.15, 0.2) is 42.5 Å². The van der Waals surface area contributed by atoms with Crippen LogP contribution in [0.1, 0.15) is 19.4 Å². The zero-order valence-electron chi connectivity index (χ0n) is 11.4. The van der Waals surface area contributed by atoms with Gasteiger partial charge in [0.2, 0.25) is 5.91 Å². The van der Waals surface area contributed by atoms with E-state index < -0.39 is 0 Å². The minimum absolute atomic E-state index is 0.0373. The number of nitrogens with one attached hydrogen (secondary N) is 2. The van der Waals surface area contributed by atoms with Crippen molar-refractivity contribution in [3.8, 4) is 0 Å². The molecule has 19 heavy (non-hydrogen) atoms. The van der Waals surface area contributed by atoms with Crippen LogP contribution in [0.4, 0.5) is 0 Å². The Hall–Kier alpha value is -1.87. The molecule has 2 N–H and O–H groups in total. The molecule has 3 heteroatoms. The molecular weight excluding hydrogens is 236 g/mol. The first-order chi connectivity index (χ1) is 9.16. The summed E-state index contributed by atoms with van der Waals surface area (Å²) in [5.74, 6) is 0.0373. The first kappa shape index (κ1) is 13.6. The lowest BCUT2D eigenvalue weighted by molar-refractivity contribution is -0.120. The van der Waals surface area contributed by atoms with Gasteiger partial charge >= 0.3 is 0 Å². The summed E-state index contributed by atoms with van der Waals surface area (Å²) in [6.07, 6.45) is 0. The third-order valence-corrected chi connectivity index (χ3v) is 2.93. The quantitative estimate of drug-likeness (QED) is 0.862. The van der Waals surface area contributed by atoms with Gasteiger partial charge in [0, 0.05) is 12.6 Å². The second kappa shape index (κ2) is 6.34. The predicted molar refractivity (Wildman–Crippen MR) is 78.9 cm³/mol. The summed E-state index contributed by atoms with van der Waals surface area (Å²) in [5.41, 5.74) is 1.22. The van der Waals surface area contributed by atoms with E-state index in [2.05, 4.69) is 34.9 Å². The van der Waals surface area contributed by atoms with Crippen molar-refractivity contribution in [3.05, 3.63) is 48.0 Å². The zero-order valence-corrected chi connectivity index (χ0v) is 11.4. The van der Waals surface area contributed by atoms with Crippen molar-refractivity contribution < 1.29 is 4.79 Å². The van der Waals surface area contributed by atoms with E-state index in [1.165, 1.54) is 16.3 Å². The standard InChI is InChI=1S/C16H20N2O/c1-12(2)18-16(19)11-17-10-14-8-5-7-13-6-3-4-9-15(13)14/h3-9,12,17H,10-11H2,1-2H3,(H,18,19). The Morgan fingerprint density at radius 3 is 2.63 bits per heavy atom. The van der Waals surface area contributed by atoms with E-state index in [-0.39, 0.29) is 11.9 Å². The highest BCUT2D eigenvalue weighted by molar-refractivity contribution is 5.85. The van der Waals surface area contributed by atoms with E-state index in [1.54, 1.807) is 0 Å². The molecule has 2 aromatic rings. The molecule has 1 amide bonds. The molecule has 3 nitrogen and oxygen atoms in total. The number of fused-ring (bicyclic) bond motifs is 1. The van der Waals surface area contributed by atoms with Crippen LogP contribution in [0.5, 0.6) is 0 Å². The fourth-order valence-corrected chi connectivity index (χ4v) is 2.13. The largest absolute Gasteiger partial charge is 0.353 e. The molecule has 0 heterocycles. The van der Waals surface area contributed by atoms with Gasteiger partial charge in [0.05, 0.1) is 6.54 Å². The van der Waals surface area contributed by atoms with Gasteiger partial charge in [-0.25, -0.2) is 0 Å². The van der Waals surface area contributed by atoms with E-state index >= 15 is 0 Å². The third kappa shape index (κ3) is 3.80. The summed E-state index contributed by atoms with van der Waals surface area (Å²) in [4.78, 5) is 11.5. The lowest BCUT2D eigenvalue weighted by Crippen LogP contribution is -2.37. The lowest BCUT2D eigenvalue weighted by Gasteiger charge is -2.10. The number of benzene rings is 2. The maximum atomic E-state index is 11.5. The van der Waals surface area contributed by atoms with Gasteiger partial charge in [0.15, 0.2) is 0 Å². The van der Waals surface area contributed by atoms with Crippen molar-refractivity contribution in [2.75, 3.05) is 6.54 Å². The van der Waals surface area contributed by atoms with E-state index in [0.29, 0.717) is 13.1 Å². The van der Waals surface area contributed by atoms with Crippen LogP contribution >= 0.6 is 0 Å². The molecule has 2 aromatic carbocycles. The SMILES string of the molecule is CC(C)NC(=O)CNCc1cccc2ccccc12. The van der Waals surface area contributed by atoms with Gasteiger partial charge in [-0.2, -0.15) is 0 Å². The van der Waals surface area contributed by atoms with Crippen molar-refractivity contribution in [2.45, 2.75) is 26.4 Å². The Balaban J connectivity index is 1.97. The molecule has 0 aliphatic heterocycles. The van der Waals surface area contributed by atoms with Crippen LogP contribution in [0, 0.1) is 0 Å². The molecule has 0 aliphatic rings. The summed E-state index contributed by atoms with van der Waals surface area (Å²) < 4.78 is 0. The van der Waals surface area contributed by atoms with E-state index in [9.17, 15) is 4.79 Å². The maximum absolute atomic E-state index is 11.5. The van der Waals surface area contributed by atoms with Crippen molar-refractivity contribution in [1.82, 2.24) is 10.6 Å². The minimum atomic E-state index is 0.0373. The van der Waals surface area contributed by atoms with Crippen LogP contribution < -0.4 is 10.6 Å². The monoisotopic (exact) mass is 256 g/mol. The summed E-state index contributed by atoms with van der Waals surface area (Å²) in [5, 5.41) is 8.52. The van der Waals surface area contributed by atoms with E-state index in [1.807, 2.05) is 32.0 Å². The number of carbonyl (C=O) groups excluding carboxylic acids is 1. The Morgan fingerprint density at radius 1 is 1.11 bits per heavy atom. The molecule has 0 unspecified atom stereocenters. The van der Waals surface area contributed by atoms with Crippen molar-refractivity contribution in [2.24, 2.45) is 0 Å². The maximum Gasteiger partial charge on any atom is 0.234 e. The highest BCUT2D eigenvalue weighted by atomic mass is 16.1. The van der Waals surface area contributed by atoms with Crippen molar-refractivity contribution >= 4 is 16.7 Å². The number of rotatable bonds is 5. The normalized spacial score (nSPS) is 10.9. The Bertz CT molecular complexity index is 558. The highest BCUT2D eigenvalue weighted by Crippen LogP contribution is 2.17. The van der Waals surface area contributed by atoms with E-state index in [0.717, 1.165) is 0 Å². The summed E-state index contributed by atoms with van der Waals surface area (Å²) >= 11 is 0. The summed E-state index contributed by atoms with van der Waals surface area (Å²) in [7, 11) is 0. The average Bonchev–Trinajstić information content (AvgIpc) is 2.38. The van der Waals surface area contributed by atoms with Gasteiger partial charge in [-0.05, 0) is 30.2 Å². The van der Waals surface area contributed by atoms with E-state index in [4.69, 9.17) is 0 Å². The smallest absolute Gasteiger partial charge is 0.234 e. The highest BCUT2D eigenvalue weighted by Gasteiger charge is 2.04. The summed E-state index contributed by atoms with van der Waals surface area (Å²) in [6.45, 7) is 4.97. The molecule has 0 bridgehead atoms. The summed E-state index contributed by atoms with van der Waals surface area (Å²) in [6, 6.07) is 14.7. The van der Waals surface area contributed by atoms with Gasteiger partial charge in [-0.1, -0.05) is 42.5 Å². The molecule has 0 spiro atoms. The van der Waals surface area contributed by atoms with Gasteiger partial charge < -0.3 is 10.6 Å². The first-order valence-electron chi connectivity index (χ1n) is 6.63. The topological polar surface area (TPSA) is 41.1 Å². The third-order valence-electron chi connectivity index (χ3n) is 2.93. The lowest BCUT2D eigenvalue weighted by atomic mass is 10.0. The van der Waals surface area contributed by atoms with Crippen LogP contribution in [0.3, 0.4) is 0 Å². The second-order valence-electron chi connectivity index (χ2n) is 4.96. The van der Waals surface area contributed by atoms with Crippen LogP contribution in [0.2, 0.25) is 0 Å². The van der Waals surface area contributed by atoms with Crippen LogP contribution in [-0.2, 0) is 11.3 Å². The molecule has 0 aromatic heterocycles. The van der Waals surface area contributed by atoms with Crippen molar-refractivity contribution in [1.29, 1.82) is 0 Å². The van der Waals surface area contributed by atoms with Gasteiger partial charge in [0.1, 0.15) is 0 Å². The van der Waals surface area contributed by atoms with Gasteiger partial charge in [-0.15, -0.1) is 0 Å². The van der Waals surface area contributed by atoms with Crippen molar-refractivity contribution in [3.63, 3.8) is 0 Å². The number of hydrogen-bond donors (Lipinski definition) is 2. The fourth-order valence-electron chi connectivity index (χ4n) is 2.13. The molecule has 0 radical (unpaired) electrons. The second-order valence-corrected chi connectivity index (χ2v) is 4.96. The van der Waals surface area contributed by atoms with Crippen LogP contribution in [-0.4, -0.2) is 18.5 Å².